The summed E-state index contributed by atoms with van der Waals surface area (Å²) >= 11 is 0. The minimum atomic E-state index is -3.70. The van der Waals surface area contributed by atoms with Crippen LogP contribution in [0.3, 0.4) is 0 Å². The van der Waals surface area contributed by atoms with Gasteiger partial charge in [-0.05, 0) is 38.0 Å². The zero-order valence-electron chi connectivity index (χ0n) is 16.3. The molecule has 0 radical (unpaired) electrons. The maximum Gasteiger partial charge on any atom is 0.331 e. The van der Waals surface area contributed by atoms with Crippen molar-refractivity contribution in [3.63, 3.8) is 0 Å². The van der Waals surface area contributed by atoms with Gasteiger partial charge in [-0.3, -0.25) is 4.79 Å². The number of hydrogen-bond donors (Lipinski definition) is 1. The second-order valence-electron chi connectivity index (χ2n) is 6.20. The number of ether oxygens (including phenoxy) is 1. The number of esters is 1. The van der Waals surface area contributed by atoms with Crippen LogP contribution in [-0.2, 0) is 19.6 Å². The molecule has 1 aromatic rings. The lowest BCUT2D eigenvalue weighted by molar-refractivity contribution is -0.147. The van der Waals surface area contributed by atoms with E-state index in [9.17, 15) is 18.0 Å². The van der Waals surface area contributed by atoms with Crippen LogP contribution in [0.15, 0.2) is 23.1 Å². The number of hydrogen-bond acceptors (Lipinski definition) is 5. The third kappa shape index (κ3) is 4.42. The summed E-state index contributed by atoms with van der Waals surface area (Å²) in [6.45, 7) is 9.20. The Hall–Kier alpha value is -1.93. The van der Waals surface area contributed by atoms with Crippen LogP contribution in [0.25, 0.3) is 0 Å². The highest BCUT2D eigenvalue weighted by molar-refractivity contribution is 7.89. The first-order valence-electron chi connectivity index (χ1n) is 8.59. The van der Waals surface area contributed by atoms with Crippen LogP contribution in [0.5, 0.6) is 0 Å². The van der Waals surface area contributed by atoms with E-state index in [1.165, 1.54) is 17.5 Å². The first kappa shape index (κ1) is 22.1. The standard InChI is InChI=1S/C18H28N2O5S/c1-7-18(5,17(22)25-6)19-16(21)14-11-10-13(4)15(12-14)26(23,24)20(8-2)9-3/h10-12H,7-9H2,1-6H3,(H,19,21). The highest BCUT2D eigenvalue weighted by Crippen LogP contribution is 2.22. The maximum absolute atomic E-state index is 12.8. The molecule has 0 aliphatic heterocycles. The average Bonchev–Trinajstić information content (AvgIpc) is 2.61. The Balaban J connectivity index is 3.29. The smallest absolute Gasteiger partial charge is 0.331 e. The average molecular weight is 384 g/mol. The van der Waals surface area contributed by atoms with E-state index in [1.54, 1.807) is 46.8 Å². The molecule has 0 saturated heterocycles. The van der Waals surface area contributed by atoms with Crippen molar-refractivity contribution in [1.29, 1.82) is 0 Å². The second-order valence-corrected chi connectivity index (χ2v) is 8.11. The van der Waals surface area contributed by atoms with Crippen molar-refractivity contribution < 1.29 is 22.7 Å². The molecule has 1 unspecified atom stereocenters. The molecule has 1 rings (SSSR count). The van der Waals surface area contributed by atoms with E-state index in [4.69, 9.17) is 4.74 Å². The molecule has 0 aliphatic rings. The van der Waals surface area contributed by atoms with E-state index in [2.05, 4.69) is 5.32 Å². The highest BCUT2D eigenvalue weighted by Gasteiger charge is 2.35. The van der Waals surface area contributed by atoms with Crippen molar-refractivity contribution in [3.8, 4) is 0 Å². The largest absolute Gasteiger partial charge is 0.467 e. The number of sulfonamides is 1. The van der Waals surface area contributed by atoms with Gasteiger partial charge in [-0.15, -0.1) is 0 Å². The third-order valence-electron chi connectivity index (χ3n) is 4.51. The van der Waals surface area contributed by atoms with E-state index in [0.717, 1.165) is 0 Å². The number of carbonyl (C=O) groups is 2. The van der Waals surface area contributed by atoms with Gasteiger partial charge >= 0.3 is 5.97 Å². The molecule has 1 aromatic carbocycles. The van der Waals surface area contributed by atoms with Gasteiger partial charge in [0.2, 0.25) is 10.0 Å². The van der Waals surface area contributed by atoms with Gasteiger partial charge in [-0.2, -0.15) is 4.31 Å². The van der Waals surface area contributed by atoms with Gasteiger partial charge < -0.3 is 10.1 Å². The molecular weight excluding hydrogens is 356 g/mol. The molecule has 26 heavy (non-hydrogen) atoms. The van der Waals surface area contributed by atoms with E-state index in [0.29, 0.717) is 25.1 Å². The van der Waals surface area contributed by atoms with E-state index >= 15 is 0 Å². The molecule has 1 amide bonds. The SMILES string of the molecule is CCN(CC)S(=O)(=O)c1cc(C(=O)NC(C)(CC)C(=O)OC)ccc1C. The molecule has 0 heterocycles. The summed E-state index contributed by atoms with van der Waals surface area (Å²) in [6.07, 6.45) is 0.335. The zero-order valence-corrected chi connectivity index (χ0v) is 17.1. The minimum absolute atomic E-state index is 0.0881. The van der Waals surface area contributed by atoms with E-state index in [-0.39, 0.29) is 10.5 Å². The summed E-state index contributed by atoms with van der Waals surface area (Å²) in [5.41, 5.74) is -0.459. The lowest BCUT2D eigenvalue weighted by Crippen LogP contribution is -2.52. The number of benzene rings is 1. The van der Waals surface area contributed by atoms with Crippen LogP contribution in [0.4, 0.5) is 0 Å². The normalized spacial score (nSPS) is 14.0. The fraction of sp³-hybridized carbons (Fsp3) is 0.556. The lowest BCUT2D eigenvalue weighted by Gasteiger charge is -2.26. The summed E-state index contributed by atoms with van der Waals surface area (Å²) < 4.78 is 31.7. The van der Waals surface area contributed by atoms with E-state index < -0.39 is 27.4 Å². The van der Waals surface area contributed by atoms with Crippen molar-refractivity contribution in [1.82, 2.24) is 9.62 Å². The summed E-state index contributed by atoms with van der Waals surface area (Å²) in [5, 5.41) is 2.64. The van der Waals surface area contributed by atoms with Gasteiger partial charge in [0.05, 0.1) is 12.0 Å². The number of nitrogens with one attached hydrogen (secondary N) is 1. The Morgan fingerprint density at radius 1 is 1.19 bits per heavy atom. The molecule has 7 nitrogen and oxygen atoms in total. The van der Waals surface area contributed by atoms with Crippen LogP contribution in [0, 0.1) is 6.92 Å². The van der Waals surface area contributed by atoms with Gasteiger partial charge in [-0.1, -0.05) is 26.8 Å². The maximum atomic E-state index is 12.8. The Morgan fingerprint density at radius 2 is 1.77 bits per heavy atom. The van der Waals surface area contributed by atoms with Gasteiger partial charge in [0.25, 0.3) is 5.91 Å². The summed E-state index contributed by atoms with van der Waals surface area (Å²) in [6, 6.07) is 4.48. The Labute approximate surface area is 155 Å². The van der Waals surface area contributed by atoms with Crippen molar-refractivity contribution >= 4 is 21.9 Å². The van der Waals surface area contributed by atoms with Crippen LogP contribution in [0.2, 0.25) is 0 Å². The molecule has 0 spiro atoms. The summed E-state index contributed by atoms with van der Waals surface area (Å²) in [5.74, 6) is -1.09. The molecule has 0 aromatic heterocycles. The molecule has 1 N–H and O–H groups in total. The van der Waals surface area contributed by atoms with Crippen molar-refractivity contribution in [2.75, 3.05) is 20.2 Å². The Bertz CT molecular complexity index is 772. The first-order chi connectivity index (χ1) is 12.1. The van der Waals surface area contributed by atoms with Crippen LogP contribution in [-0.4, -0.2) is 50.3 Å². The number of nitrogens with zero attached hydrogens (tertiary/aromatic N) is 1. The number of methoxy groups -OCH3 is 1. The van der Waals surface area contributed by atoms with Gasteiger partial charge in [0.1, 0.15) is 5.54 Å². The molecule has 1 atom stereocenters. The van der Waals surface area contributed by atoms with Gasteiger partial charge in [0.15, 0.2) is 0 Å². The van der Waals surface area contributed by atoms with Crippen molar-refractivity contribution in [2.45, 2.75) is 51.5 Å². The lowest BCUT2D eigenvalue weighted by atomic mass is 9.98. The fourth-order valence-corrected chi connectivity index (χ4v) is 4.26. The Morgan fingerprint density at radius 3 is 2.23 bits per heavy atom. The molecule has 146 valence electrons. The van der Waals surface area contributed by atoms with Crippen molar-refractivity contribution in [3.05, 3.63) is 29.3 Å². The Kier molecular flexibility index (Phi) is 7.35. The molecule has 0 bridgehead atoms. The minimum Gasteiger partial charge on any atom is -0.467 e. The molecule has 8 heteroatoms. The third-order valence-corrected chi connectivity index (χ3v) is 6.70. The molecular formula is C18H28N2O5S. The molecule has 0 aliphatic carbocycles. The fourth-order valence-electron chi connectivity index (χ4n) is 2.55. The zero-order chi connectivity index (χ0) is 20.1. The van der Waals surface area contributed by atoms with Crippen molar-refractivity contribution in [2.24, 2.45) is 0 Å². The van der Waals surface area contributed by atoms with Gasteiger partial charge in [-0.25, -0.2) is 13.2 Å². The summed E-state index contributed by atoms with van der Waals surface area (Å²) in [7, 11) is -2.44. The quantitative estimate of drug-likeness (QED) is 0.693. The number of amides is 1. The topological polar surface area (TPSA) is 92.8 Å². The van der Waals surface area contributed by atoms with Gasteiger partial charge in [0, 0.05) is 18.7 Å². The predicted octanol–water partition coefficient (Wildman–Crippen LogP) is 2.10. The first-order valence-corrected chi connectivity index (χ1v) is 10.0. The monoisotopic (exact) mass is 384 g/mol. The summed E-state index contributed by atoms with van der Waals surface area (Å²) in [4.78, 5) is 24.6. The highest BCUT2D eigenvalue weighted by atomic mass is 32.2. The number of rotatable bonds is 8. The number of carbonyl (C=O) groups excluding carboxylic acids is 2. The predicted molar refractivity (Wildman–Crippen MR) is 99.5 cm³/mol. The molecule has 0 fully saturated rings. The van der Waals surface area contributed by atoms with Crippen LogP contribution >= 0.6 is 0 Å². The van der Waals surface area contributed by atoms with Crippen LogP contribution < -0.4 is 5.32 Å². The number of aryl methyl sites for hydroxylation is 1. The second kappa shape index (κ2) is 8.64. The van der Waals surface area contributed by atoms with Crippen LogP contribution in [0.1, 0.15) is 50.0 Å². The van der Waals surface area contributed by atoms with E-state index in [1.807, 2.05) is 0 Å². The molecule has 0 saturated carbocycles.